The molecule has 0 aliphatic carbocycles. The highest BCUT2D eigenvalue weighted by Gasteiger charge is 2.09. The van der Waals surface area contributed by atoms with E-state index in [0.29, 0.717) is 11.8 Å². The molecule has 0 bridgehead atoms. The molecule has 0 spiro atoms. The molecule has 0 unspecified atom stereocenters. The highest BCUT2D eigenvalue weighted by atomic mass is 79.9. The van der Waals surface area contributed by atoms with Crippen LogP contribution in [0.2, 0.25) is 0 Å². The first-order valence-corrected chi connectivity index (χ1v) is 9.69. The van der Waals surface area contributed by atoms with Crippen molar-refractivity contribution in [1.82, 2.24) is 9.97 Å². The average Bonchev–Trinajstić information content (AvgIpc) is 2.62. The summed E-state index contributed by atoms with van der Waals surface area (Å²) in [6.07, 6.45) is 3.72. The average molecular weight is 416 g/mol. The maximum absolute atomic E-state index is 4.59. The second-order valence-electron chi connectivity index (χ2n) is 5.31. The summed E-state index contributed by atoms with van der Waals surface area (Å²) in [5.74, 6) is 1.23. The van der Waals surface area contributed by atoms with Gasteiger partial charge in [0.05, 0.1) is 15.8 Å². The Morgan fingerprint density at radius 3 is 2.32 bits per heavy atom. The molecule has 0 aliphatic heterocycles. The normalized spacial score (nSPS) is 10.4. The number of hydrogen-bond donors (Lipinski definition) is 3. The van der Waals surface area contributed by atoms with E-state index in [1.807, 2.05) is 61.7 Å². The van der Waals surface area contributed by atoms with Gasteiger partial charge in [0.1, 0.15) is 5.82 Å². The third-order valence-electron chi connectivity index (χ3n) is 3.53. The molecule has 7 heteroatoms. The van der Waals surface area contributed by atoms with Gasteiger partial charge in [0.2, 0.25) is 5.95 Å². The first kappa shape index (κ1) is 17.6. The van der Waals surface area contributed by atoms with Gasteiger partial charge in [0, 0.05) is 18.1 Å². The number of nitrogens with one attached hydrogen (secondary N) is 3. The Kier molecular flexibility index (Phi) is 5.78. The first-order chi connectivity index (χ1) is 12.2. The summed E-state index contributed by atoms with van der Waals surface area (Å²) in [5, 5.41) is 6.62. The topological polar surface area (TPSA) is 61.9 Å². The Morgan fingerprint density at radius 2 is 1.60 bits per heavy atom. The fraction of sp³-hybridized carbons (Fsp3) is 0.111. The van der Waals surface area contributed by atoms with Crippen molar-refractivity contribution in [3.05, 3.63) is 64.8 Å². The van der Waals surface area contributed by atoms with E-state index in [2.05, 4.69) is 41.3 Å². The lowest BCUT2D eigenvalue weighted by atomic mass is 10.2. The van der Waals surface area contributed by atoms with Crippen LogP contribution in [0.5, 0.6) is 0 Å². The van der Waals surface area contributed by atoms with E-state index in [1.165, 1.54) is 0 Å². The molecule has 0 atom stereocenters. The number of rotatable bonds is 6. The second kappa shape index (κ2) is 8.22. The lowest BCUT2D eigenvalue weighted by Gasteiger charge is -2.14. The third kappa shape index (κ3) is 4.43. The highest BCUT2D eigenvalue weighted by Crippen LogP contribution is 2.30. The van der Waals surface area contributed by atoms with Crippen LogP contribution >= 0.6 is 27.9 Å². The molecule has 0 saturated carbocycles. The fourth-order valence-corrected chi connectivity index (χ4v) is 2.96. The Hall–Kier alpha value is -2.25. The van der Waals surface area contributed by atoms with Gasteiger partial charge in [-0.2, -0.15) is 4.98 Å². The zero-order valence-corrected chi connectivity index (χ0v) is 16.3. The van der Waals surface area contributed by atoms with Crippen LogP contribution < -0.4 is 15.4 Å². The van der Waals surface area contributed by atoms with Crippen molar-refractivity contribution in [2.75, 3.05) is 21.6 Å². The van der Waals surface area contributed by atoms with Crippen LogP contribution in [-0.4, -0.2) is 16.2 Å². The van der Waals surface area contributed by atoms with E-state index in [9.17, 15) is 0 Å². The molecule has 25 heavy (non-hydrogen) atoms. The summed E-state index contributed by atoms with van der Waals surface area (Å²) in [5.41, 5.74) is 4.06. The van der Waals surface area contributed by atoms with Gasteiger partial charge in [-0.1, -0.05) is 42.3 Å². The summed E-state index contributed by atoms with van der Waals surface area (Å²) in [4.78, 5) is 8.94. The largest absolute Gasteiger partial charge is 0.337 e. The molecule has 5 nitrogen and oxygen atoms in total. The molecule has 3 N–H and O–H groups in total. The molecule has 0 aliphatic rings. The van der Waals surface area contributed by atoms with E-state index < -0.39 is 0 Å². The Morgan fingerprint density at radius 1 is 0.920 bits per heavy atom. The minimum atomic E-state index is 0.537. The SMILES string of the molecule is CSNc1ccccc1Nc1nc(Nc2ccccc2C)ncc1Br. The van der Waals surface area contributed by atoms with Crippen LogP contribution in [-0.2, 0) is 0 Å². The minimum absolute atomic E-state index is 0.537. The Labute approximate surface area is 159 Å². The smallest absolute Gasteiger partial charge is 0.229 e. The van der Waals surface area contributed by atoms with E-state index >= 15 is 0 Å². The monoisotopic (exact) mass is 415 g/mol. The molecular weight excluding hydrogens is 398 g/mol. The van der Waals surface area contributed by atoms with Crippen LogP contribution in [0, 0.1) is 6.92 Å². The summed E-state index contributed by atoms with van der Waals surface area (Å²) < 4.78 is 4.05. The molecule has 1 aromatic heterocycles. The fourth-order valence-electron chi connectivity index (χ4n) is 2.27. The van der Waals surface area contributed by atoms with Crippen LogP contribution in [0.25, 0.3) is 0 Å². The number of para-hydroxylation sites is 3. The molecule has 3 aromatic rings. The van der Waals surface area contributed by atoms with E-state index in [-0.39, 0.29) is 0 Å². The van der Waals surface area contributed by atoms with Gasteiger partial charge in [-0.25, -0.2) is 4.98 Å². The van der Waals surface area contributed by atoms with Crippen LogP contribution in [0.3, 0.4) is 0 Å². The molecular formula is C18H18BrN5S. The van der Waals surface area contributed by atoms with Gasteiger partial charge < -0.3 is 15.4 Å². The van der Waals surface area contributed by atoms with Gasteiger partial charge in [0.25, 0.3) is 0 Å². The summed E-state index contributed by atoms with van der Waals surface area (Å²) in [6, 6.07) is 16.0. The highest BCUT2D eigenvalue weighted by molar-refractivity contribution is 9.10. The molecule has 0 amide bonds. The van der Waals surface area contributed by atoms with Crippen molar-refractivity contribution in [3.8, 4) is 0 Å². The van der Waals surface area contributed by atoms with Gasteiger partial charge in [-0.3, -0.25) is 0 Å². The van der Waals surface area contributed by atoms with E-state index in [1.54, 1.807) is 18.1 Å². The number of hydrogen-bond acceptors (Lipinski definition) is 6. The minimum Gasteiger partial charge on any atom is -0.337 e. The second-order valence-corrected chi connectivity index (χ2v) is 6.77. The first-order valence-electron chi connectivity index (χ1n) is 7.67. The molecule has 0 fully saturated rings. The number of aromatic nitrogens is 2. The Balaban J connectivity index is 1.86. The summed E-state index contributed by atoms with van der Waals surface area (Å²) >= 11 is 5.05. The van der Waals surface area contributed by atoms with Gasteiger partial charge in [0.15, 0.2) is 0 Å². The predicted octanol–water partition coefficient (Wildman–Crippen LogP) is 5.72. The van der Waals surface area contributed by atoms with Crippen molar-refractivity contribution >= 4 is 56.7 Å². The van der Waals surface area contributed by atoms with Crippen molar-refractivity contribution in [1.29, 1.82) is 0 Å². The zero-order chi connectivity index (χ0) is 17.6. The molecule has 128 valence electrons. The number of anilines is 5. The molecule has 0 radical (unpaired) electrons. The van der Waals surface area contributed by atoms with Crippen molar-refractivity contribution < 1.29 is 0 Å². The third-order valence-corrected chi connectivity index (χ3v) is 4.53. The van der Waals surface area contributed by atoms with Gasteiger partial charge in [-0.05, 0) is 46.6 Å². The van der Waals surface area contributed by atoms with E-state index in [4.69, 9.17) is 0 Å². The van der Waals surface area contributed by atoms with Crippen molar-refractivity contribution in [3.63, 3.8) is 0 Å². The lowest BCUT2D eigenvalue weighted by Crippen LogP contribution is -2.03. The van der Waals surface area contributed by atoms with Crippen molar-refractivity contribution in [2.24, 2.45) is 0 Å². The van der Waals surface area contributed by atoms with Gasteiger partial charge >= 0.3 is 0 Å². The van der Waals surface area contributed by atoms with Crippen LogP contribution in [0.1, 0.15) is 5.56 Å². The lowest BCUT2D eigenvalue weighted by molar-refractivity contribution is 1.15. The number of aryl methyl sites for hydroxylation is 1. The maximum Gasteiger partial charge on any atom is 0.229 e. The summed E-state index contributed by atoms with van der Waals surface area (Å²) in [7, 11) is 0. The number of benzene rings is 2. The number of halogens is 1. The van der Waals surface area contributed by atoms with Gasteiger partial charge in [-0.15, -0.1) is 0 Å². The van der Waals surface area contributed by atoms with E-state index in [0.717, 1.165) is 27.1 Å². The quantitative estimate of drug-likeness (QED) is 0.447. The Bertz CT molecular complexity index is 872. The van der Waals surface area contributed by atoms with Crippen LogP contribution in [0.4, 0.5) is 28.8 Å². The molecule has 0 saturated heterocycles. The number of nitrogens with zero attached hydrogens (tertiary/aromatic N) is 2. The van der Waals surface area contributed by atoms with Crippen molar-refractivity contribution in [2.45, 2.75) is 6.92 Å². The zero-order valence-electron chi connectivity index (χ0n) is 13.9. The standard InChI is InChI=1S/C18H18BrN5S/c1-12-7-3-4-8-14(12)22-18-20-11-13(19)17(23-18)21-15-9-5-6-10-16(15)24-25-2/h3-11,24H,1-2H3,(H2,20,21,22,23). The van der Waals surface area contributed by atoms with Crippen LogP contribution in [0.15, 0.2) is 59.2 Å². The molecule has 2 aromatic carbocycles. The molecule has 3 rings (SSSR count). The maximum atomic E-state index is 4.59. The molecule has 1 heterocycles. The summed E-state index contributed by atoms with van der Waals surface area (Å²) in [6.45, 7) is 2.05. The predicted molar refractivity (Wildman–Crippen MR) is 111 cm³/mol.